The number of hydrogen-bond donors (Lipinski definition) is 1. The van der Waals surface area contributed by atoms with Crippen molar-refractivity contribution in [2.75, 3.05) is 12.9 Å². The predicted octanol–water partition coefficient (Wildman–Crippen LogP) is 1.28. The Balaban J connectivity index is 1.64. The minimum atomic E-state index is -4.23. The number of rotatable bonds is 5. The molecule has 5 rings (SSSR count). The number of carbonyl (C=O) groups excluding carboxylic acids is 3. The molecule has 8 atom stereocenters. The zero-order chi connectivity index (χ0) is 24.2. The van der Waals surface area contributed by atoms with E-state index >= 15 is 0 Å². The van der Waals surface area contributed by atoms with Gasteiger partial charge in [-0.15, -0.1) is 0 Å². The first-order valence-electron chi connectivity index (χ1n) is 11.4. The molecule has 10 heteroatoms. The molecule has 0 radical (unpaired) electrons. The molecule has 0 aromatic rings. The van der Waals surface area contributed by atoms with E-state index in [4.69, 9.17) is 13.7 Å². The van der Waals surface area contributed by atoms with Crippen molar-refractivity contribution in [1.29, 1.82) is 0 Å². The van der Waals surface area contributed by atoms with Crippen LogP contribution in [0.25, 0.3) is 0 Å². The Labute approximate surface area is 193 Å². The maximum Gasteiger partial charge on any atom is 0.315 e. The fourth-order valence-electron chi connectivity index (χ4n) is 8.35. The van der Waals surface area contributed by atoms with Gasteiger partial charge in [0, 0.05) is 11.8 Å². The highest BCUT2D eigenvalue weighted by Crippen LogP contribution is 2.78. The van der Waals surface area contributed by atoms with E-state index in [-0.39, 0.29) is 12.3 Å². The lowest BCUT2D eigenvalue weighted by Crippen LogP contribution is -2.54. The van der Waals surface area contributed by atoms with E-state index in [1.165, 1.54) is 7.11 Å². The maximum absolute atomic E-state index is 13.4. The second kappa shape index (κ2) is 6.66. The quantitative estimate of drug-likeness (QED) is 0.349. The molecule has 182 valence electrons. The standard InChI is InChI=1S/C23H30O9S/c1-12-9-21-11-22(12,27)7-5-14(21)23-8-6-15(32-33(28,29)10-13(2)24)20(3,19(26)31-23)17(23)16(21)18(25)30-4/h14-17,27H,1,5-11H2,2-4H3/t14-,15-,16-,17-,20-,21+,22+,23-/m1/s1. The van der Waals surface area contributed by atoms with Gasteiger partial charge in [-0.3, -0.25) is 18.6 Å². The van der Waals surface area contributed by atoms with Crippen LogP contribution in [0, 0.1) is 28.6 Å². The van der Waals surface area contributed by atoms with Crippen molar-refractivity contribution < 1.29 is 41.6 Å². The topological polar surface area (TPSA) is 133 Å². The van der Waals surface area contributed by atoms with Crippen LogP contribution >= 0.6 is 0 Å². The Morgan fingerprint density at radius 3 is 2.61 bits per heavy atom. The molecular weight excluding hydrogens is 452 g/mol. The molecule has 4 saturated carbocycles. The lowest BCUT2D eigenvalue weighted by molar-refractivity contribution is -0.164. The molecule has 1 saturated heterocycles. The average molecular weight is 483 g/mol. The zero-order valence-corrected chi connectivity index (χ0v) is 19.9. The summed E-state index contributed by atoms with van der Waals surface area (Å²) < 4.78 is 41.9. The van der Waals surface area contributed by atoms with Gasteiger partial charge in [0.15, 0.2) is 0 Å². The molecule has 4 aliphatic carbocycles. The molecule has 1 N–H and O–H groups in total. The Kier molecular flexibility index (Phi) is 4.64. The van der Waals surface area contributed by atoms with Gasteiger partial charge in [0.25, 0.3) is 10.1 Å². The number of ketones is 1. The third-order valence-corrected chi connectivity index (χ3v) is 10.7. The highest BCUT2D eigenvalue weighted by atomic mass is 32.2. The van der Waals surface area contributed by atoms with Crippen LogP contribution in [0.1, 0.15) is 52.4 Å². The van der Waals surface area contributed by atoms with Gasteiger partial charge in [0.2, 0.25) is 0 Å². The number of Topliss-reactive ketones (excluding diaryl/α,β-unsaturated/α-hetero) is 1. The normalized spacial score (nSPS) is 47.6. The number of methoxy groups -OCH3 is 1. The van der Waals surface area contributed by atoms with E-state index in [2.05, 4.69) is 6.58 Å². The zero-order valence-electron chi connectivity index (χ0n) is 19.1. The summed E-state index contributed by atoms with van der Waals surface area (Å²) in [6, 6.07) is 0. The number of hydrogen-bond acceptors (Lipinski definition) is 9. The van der Waals surface area contributed by atoms with Crippen LogP contribution in [0.15, 0.2) is 12.2 Å². The number of esters is 2. The van der Waals surface area contributed by atoms with Gasteiger partial charge in [0.1, 0.15) is 22.6 Å². The number of carbonyl (C=O) groups is 3. The molecule has 0 unspecified atom stereocenters. The van der Waals surface area contributed by atoms with E-state index < -0.39 is 73.6 Å². The lowest BCUT2D eigenvalue weighted by Gasteiger charge is -2.46. The average Bonchev–Trinajstić information content (AvgIpc) is 3.12. The maximum atomic E-state index is 13.4. The fraction of sp³-hybridized carbons (Fsp3) is 0.783. The fourth-order valence-corrected chi connectivity index (χ4v) is 9.56. The minimum Gasteiger partial charge on any atom is -0.469 e. The summed E-state index contributed by atoms with van der Waals surface area (Å²) in [6.07, 6.45) is 1.31. The van der Waals surface area contributed by atoms with Crippen molar-refractivity contribution in [1.82, 2.24) is 0 Å². The second-order valence-corrected chi connectivity index (χ2v) is 12.5. The van der Waals surface area contributed by atoms with Crippen molar-refractivity contribution in [2.24, 2.45) is 28.6 Å². The summed E-state index contributed by atoms with van der Waals surface area (Å²) in [5.41, 5.74) is -3.46. The van der Waals surface area contributed by atoms with Crippen molar-refractivity contribution in [3.63, 3.8) is 0 Å². The van der Waals surface area contributed by atoms with Gasteiger partial charge in [-0.25, -0.2) is 0 Å². The van der Waals surface area contributed by atoms with E-state index in [0.717, 1.165) is 6.92 Å². The molecule has 9 nitrogen and oxygen atoms in total. The van der Waals surface area contributed by atoms with E-state index in [0.29, 0.717) is 37.7 Å². The molecular formula is C23H30O9S. The van der Waals surface area contributed by atoms with Crippen LogP contribution < -0.4 is 0 Å². The van der Waals surface area contributed by atoms with E-state index in [1.54, 1.807) is 6.92 Å². The van der Waals surface area contributed by atoms with Gasteiger partial charge in [-0.05, 0) is 63.4 Å². The molecule has 5 fully saturated rings. The van der Waals surface area contributed by atoms with Gasteiger partial charge < -0.3 is 14.6 Å². The lowest BCUT2D eigenvalue weighted by atomic mass is 9.59. The van der Waals surface area contributed by atoms with Gasteiger partial charge in [-0.1, -0.05) is 6.58 Å². The monoisotopic (exact) mass is 482 g/mol. The molecule has 1 heterocycles. The van der Waals surface area contributed by atoms with Crippen molar-refractivity contribution in [2.45, 2.75) is 69.7 Å². The summed E-state index contributed by atoms with van der Waals surface area (Å²) in [4.78, 5) is 38.1. The number of aliphatic hydroxyl groups is 1. The third kappa shape index (κ3) is 2.71. The van der Waals surface area contributed by atoms with Crippen molar-refractivity contribution in [3.05, 3.63) is 12.2 Å². The molecule has 0 amide bonds. The summed E-state index contributed by atoms with van der Waals surface area (Å²) in [5.74, 6) is -4.08. The van der Waals surface area contributed by atoms with E-state index in [9.17, 15) is 27.9 Å². The first kappa shape index (κ1) is 23.0. The van der Waals surface area contributed by atoms with Crippen molar-refractivity contribution in [3.8, 4) is 0 Å². The molecule has 0 aromatic carbocycles. The molecule has 5 aliphatic rings. The van der Waals surface area contributed by atoms with Crippen LogP contribution in [0.4, 0.5) is 0 Å². The first-order valence-corrected chi connectivity index (χ1v) is 13.0. The van der Waals surface area contributed by atoms with Crippen LogP contribution in [-0.2, 0) is 38.2 Å². The highest BCUT2D eigenvalue weighted by Gasteiger charge is 2.84. The Hall–Kier alpha value is -1.78. The van der Waals surface area contributed by atoms with Crippen LogP contribution in [-0.4, -0.2) is 61.4 Å². The van der Waals surface area contributed by atoms with Crippen LogP contribution in [0.2, 0.25) is 0 Å². The van der Waals surface area contributed by atoms with Gasteiger partial charge >= 0.3 is 11.9 Å². The number of fused-ring (bicyclic) bond motifs is 1. The smallest absolute Gasteiger partial charge is 0.315 e. The minimum absolute atomic E-state index is 0.181. The largest absolute Gasteiger partial charge is 0.469 e. The van der Waals surface area contributed by atoms with Crippen molar-refractivity contribution >= 4 is 27.8 Å². The molecule has 1 aliphatic heterocycles. The van der Waals surface area contributed by atoms with Gasteiger partial charge in [-0.2, -0.15) is 8.42 Å². The highest BCUT2D eigenvalue weighted by molar-refractivity contribution is 7.87. The summed E-state index contributed by atoms with van der Waals surface area (Å²) in [7, 11) is -2.93. The first-order chi connectivity index (χ1) is 15.3. The Morgan fingerprint density at radius 2 is 1.97 bits per heavy atom. The molecule has 4 bridgehead atoms. The van der Waals surface area contributed by atoms with E-state index in [1.807, 2.05) is 0 Å². The Morgan fingerprint density at radius 1 is 1.27 bits per heavy atom. The Bertz CT molecular complexity index is 1080. The second-order valence-electron chi connectivity index (χ2n) is 10.9. The summed E-state index contributed by atoms with van der Waals surface area (Å²) in [5, 5.41) is 11.2. The predicted molar refractivity (Wildman–Crippen MR) is 113 cm³/mol. The van der Waals surface area contributed by atoms with Gasteiger partial charge in [0.05, 0.1) is 24.7 Å². The molecule has 33 heavy (non-hydrogen) atoms. The van der Waals surface area contributed by atoms with Crippen LogP contribution in [0.5, 0.6) is 0 Å². The SMILES string of the molecule is C=C1C[C@]23C[C@@]1(O)CC[C@H]2[C@@]12CC[C@@H](OS(=O)(=O)CC(C)=O)[C@@](C)(C(=O)O1)[C@H]2[C@@H]3C(=O)OC. The number of ether oxygens (including phenoxy) is 2. The summed E-state index contributed by atoms with van der Waals surface area (Å²) in [6.45, 7) is 6.86. The molecule has 0 aromatic heterocycles. The third-order valence-electron chi connectivity index (χ3n) is 9.36. The molecule has 1 spiro atoms. The van der Waals surface area contributed by atoms with Crippen LogP contribution in [0.3, 0.4) is 0 Å². The summed E-state index contributed by atoms with van der Waals surface area (Å²) >= 11 is 0.